The summed E-state index contributed by atoms with van der Waals surface area (Å²) in [6, 6.07) is 11.6. The highest BCUT2D eigenvalue weighted by atomic mass is 35.5. The first-order valence-corrected chi connectivity index (χ1v) is 13.5. The number of imide groups is 1. The summed E-state index contributed by atoms with van der Waals surface area (Å²) in [6.07, 6.45) is 1.77. The molecule has 216 valence electrons. The zero-order valence-electron chi connectivity index (χ0n) is 22.4. The molecule has 0 unspecified atom stereocenters. The van der Waals surface area contributed by atoms with Gasteiger partial charge in [0.25, 0.3) is 0 Å². The van der Waals surface area contributed by atoms with Gasteiger partial charge in [-0.2, -0.15) is 0 Å². The fourth-order valence-electron chi connectivity index (χ4n) is 5.23. The van der Waals surface area contributed by atoms with Crippen LogP contribution in [0.2, 0.25) is 5.02 Å². The Morgan fingerprint density at radius 3 is 2.64 bits per heavy atom. The van der Waals surface area contributed by atoms with Gasteiger partial charge in [-0.1, -0.05) is 29.8 Å². The van der Waals surface area contributed by atoms with E-state index in [4.69, 9.17) is 21.3 Å². The Hall–Kier alpha value is -4.39. The molecule has 2 aliphatic rings. The number of hydrogen-bond donors (Lipinski definition) is 2. The first kappa shape index (κ1) is 27.8. The first-order chi connectivity index (χ1) is 20.2. The Kier molecular flexibility index (Phi) is 7.35. The predicted octanol–water partition coefficient (Wildman–Crippen LogP) is 4.70. The van der Waals surface area contributed by atoms with Gasteiger partial charge >= 0.3 is 6.03 Å². The first-order valence-electron chi connectivity index (χ1n) is 13.1. The number of hydrogen-bond acceptors (Lipinski definition) is 7. The SMILES string of the molecule is Cn1c(N2CCC(=O)NC2=O)cnc1-c1ccc2c(n1)[C@@H](CO)N(Cc1ccc(Oc3c(F)cc(F)cc3Cl)cc1)C2. The maximum absolute atomic E-state index is 14.1. The van der Waals surface area contributed by atoms with Gasteiger partial charge in [-0.05, 0) is 35.4 Å². The lowest BCUT2D eigenvalue weighted by molar-refractivity contribution is -0.120. The van der Waals surface area contributed by atoms with Crippen LogP contribution in [0.15, 0.2) is 54.7 Å². The summed E-state index contributed by atoms with van der Waals surface area (Å²) >= 11 is 5.94. The van der Waals surface area contributed by atoms with Crippen molar-refractivity contribution in [1.82, 2.24) is 24.8 Å². The van der Waals surface area contributed by atoms with Crippen LogP contribution in [0.5, 0.6) is 11.5 Å². The van der Waals surface area contributed by atoms with Crippen molar-refractivity contribution >= 4 is 29.4 Å². The number of pyridine rings is 1. The van der Waals surface area contributed by atoms with E-state index in [0.717, 1.165) is 22.9 Å². The Labute approximate surface area is 244 Å². The summed E-state index contributed by atoms with van der Waals surface area (Å²) in [5.41, 5.74) is 3.22. The van der Waals surface area contributed by atoms with E-state index in [2.05, 4.69) is 15.2 Å². The van der Waals surface area contributed by atoms with Gasteiger partial charge in [0.1, 0.15) is 23.1 Å². The molecule has 13 heteroatoms. The largest absolute Gasteiger partial charge is 0.453 e. The Morgan fingerprint density at radius 1 is 1.14 bits per heavy atom. The van der Waals surface area contributed by atoms with Gasteiger partial charge in [-0.25, -0.2) is 23.5 Å². The molecule has 0 bridgehead atoms. The van der Waals surface area contributed by atoms with Crippen LogP contribution in [-0.2, 0) is 24.9 Å². The molecule has 3 amide bonds. The van der Waals surface area contributed by atoms with Crippen molar-refractivity contribution in [1.29, 1.82) is 0 Å². The average Bonchev–Trinajstić information content (AvgIpc) is 3.50. The monoisotopic (exact) mass is 594 g/mol. The Bertz CT molecular complexity index is 1670. The van der Waals surface area contributed by atoms with E-state index in [1.165, 1.54) is 4.90 Å². The van der Waals surface area contributed by atoms with Crippen LogP contribution in [0.1, 0.15) is 29.3 Å². The summed E-state index contributed by atoms with van der Waals surface area (Å²) in [7, 11) is 1.78. The molecule has 4 aromatic rings. The minimum Gasteiger partial charge on any atom is -0.453 e. The molecule has 2 N–H and O–H groups in total. The molecule has 0 saturated carbocycles. The summed E-state index contributed by atoms with van der Waals surface area (Å²) in [5, 5.41) is 12.5. The van der Waals surface area contributed by atoms with Crippen molar-refractivity contribution in [3.05, 3.63) is 88.2 Å². The van der Waals surface area contributed by atoms with Crippen molar-refractivity contribution in [3.8, 4) is 23.0 Å². The molecule has 1 saturated heterocycles. The molecule has 1 fully saturated rings. The molecule has 0 radical (unpaired) electrons. The van der Waals surface area contributed by atoms with Gasteiger partial charge in [-0.3, -0.25) is 19.9 Å². The second-order valence-electron chi connectivity index (χ2n) is 10.0. The molecule has 0 spiro atoms. The van der Waals surface area contributed by atoms with Crippen molar-refractivity contribution < 1.29 is 28.2 Å². The maximum atomic E-state index is 14.1. The highest BCUT2D eigenvalue weighted by molar-refractivity contribution is 6.32. The summed E-state index contributed by atoms with van der Waals surface area (Å²) in [6.45, 7) is 1.17. The number of imidazole rings is 1. The third kappa shape index (κ3) is 5.20. The number of amides is 3. The number of aliphatic hydroxyl groups excluding tert-OH is 1. The summed E-state index contributed by atoms with van der Waals surface area (Å²) < 4.78 is 34.7. The Morgan fingerprint density at radius 2 is 1.93 bits per heavy atom. The molecular formula is C29H25ClF2N6O4. The number of benzene rings is 2. The number of urea groups is 1. The molecule has 4 heterocycles. The fourth-order valence-corrected chi connectivity index (χ4v) is 5.47. The van der Waals surface area contributed by atoms with Crippen molar-refractivity contribution in [2.45, 2.75) is 25.6 Å². The lowest BCUT2D eigenvalue weighted by atomic mass is 10.1. The highest BCUT2D eigenvalue weighted by Gasteiger charge is 2.32. The smallest absolute Gasteiger partial charge is 0.329 e. The molecule has 2 aromatic heterocycles. The van der Waals surface area contributed by atoms with Crippen LogP contribution in [0.4, 0.5) is 19.4 Å². The van der Waals surface area contributed by atoms with Gasteiger partial charge < -0.3 is 14.4 Å². The van der Waals surface area contributed by atoms with Gasteiger partial charge in [0.15, 0.2) is 17.4 Å². The van der Waals surface area contributed by atoms with Crippen LogP contribution >= 0.6 is 11.6 Å². The lowest BCUT2D eigenvalue weighted by Gasteiger charge is -2.26. The average molecular weight is 595 g/mol. The molecule has 2 aromatic carbocycles. The van der Waals surface area contributed by atoms with Gasteiger partial charge in [0.05, 0.1) is 29.6 Å². The molecule has 6 rings (SSSR count). The second kappa shape index (κ2) is 11.1. The van der Waals surface area contributed by atoms with Crippen LogP contribution in [0, 0.1) is 11.6 Å². The maximum Gasteiger partial charge on any atom is 0.329 e. The van der Waals surface area contributed by atoms with Crippen molar-refractivity contribution in [3.63, 3.8) is 0 Å². The van der Waals surface area contributed by atoms with Crippen LogP contribution < -0.4 is 15.0 Å². The molecule has 2 aliphatic heterocycles. The van der Waals surface area contributed by atoms with Crippen LogP contribution in [0.3, 0.4) is 0 Å². The third-order valence-electron chi connectivity index (χ3n) is 7.33. The number of fused-ring (bicyclic) bond motifs is 1. The van der Waals surface area contributed by atoms with E-state index in [-0.39, 0.29) is 42.3 Å². The number of anilines is 1. The number of aliphatic hydroxyl groups is 1. The number of rotatable bonds is 7. The summed E-state index contributed by atoms with van der Waals surface area (Å²) in [4.78, 5) is 36.8. The van der Waals surface area contributed by atoms with Crippen molar-refractivity contribution in [2.24, 2.45) is 7.05 Å². The highest BCUT2D eigenvalue weighted by Crippen LogP contribution is 2.36. The molecule has 42 heavy (non-hydrogen) atoms. The van der Waals surface area contributed by atoms with Gasteiger partial charge in [-0.15, -0.1) is 0 Å². The number of nitrogens with zero attached hydrogens (tertiary/aromatic N) is 5. The van der Waals surface area contributed by atoms with E-state index in [1.807, 2.05) is 24.3 Å². The fraction of sp³-hybridized carbons (Fsp3) is 0.241. The van der Waals surface area contributed by atoms with E-state index < -0.39 is 17.7 Å². The van der Waals surface area contributed by atoms with Crippen LogP contribution in [0.25, 0.3) is 11.5 Å². The second-order valence-corrected chi connectivity index (χ2v) is 10.4. The number of carbonyl (C=O) groups is 2. The number of carbonyl (C=O) groups excluding carboxylic acids is 2. The standard InChI is InChI=1S/C29H25ClF2N6O4/c1-36-25(38-9-8-24(40)35-29(38)41)12-33-28(36)22-7-4-17-14-37(23(15-39)26(17)34-22)13-16-2-5-19(6-3-16)42-27-20(30)10-18(31)11-21(27)32/h2-7,10-12,23,39H,8-9,13-15H2,1H3,(H,35,40,41)/t23-/m1/s1. The molecule has 10 nitrogen and oxygen atoms in total. The third-order valence-corrected chi connectivity index (χ3v) is 7.61. The van der Waals surface area contributed by atoms with E-state index in [0.29, 0.717) is 42.2 Å². The minimum absolute atomic E-state index is 0.152. The predicted molar refractivity (Wildman–Crippen MR) is 149 cm³/mol. The summed E-state index contributed by atoms with van der Waals surface area (Å²) in [5.74, 6) is -0.835. The van der Waals surface area contributed by atoms with E-state index in [1.54, 1.807) is 29.9 Å². The molecule has 1 atom stereocenters. The van der Waals surface area contributed by atoms with Crippen molar-refractivity contribution in [2.75, 3.05) is 18.1 Å². The normalized spacial score (nSPS) is 17.0. The lowest BCUT2D eigenvalue weighted by Crippen LogP contribution is -2.50. The van der Waals surface area contributed by atoms with E-state index >= 15 is 0 Å². The molecular weight excluding hydrogens is 570 g/mol. The Balaban J connectivity index is 1.18. The number of nitrogens with one attached hydrogen (secondary N) is 1. The van der Waals surface area contributed by atoms with Gasteiger partial charge in [0.2, 0.25) is 5.91 Å². The number of ether oxygens (including phenoxy) is 1. The topological polar surface area (TPSA) is 113 Å². The minimum atomic E-state index is -0.896. The quantitative estimate of drug-likeness (QED) is 0.319. The van der Waals surface area contributed by atoms with Gasteiger partial charge in [0, 0.05) is 39.2 Å². The van der Waals surface area contributed by atoms with E-state index in [9.17, 15) is 23.5 Å². The molecule has 0 aliphatic carbocycles. The zero-order valence-corrected chi connectivity index (χ0v) is 23.1. The number of halogens is 3. The zero-order chi connectivity index (χ0) is 29.5. The number of aromatic nitrogens is 3. The van der Waals surface area contributed by atoms with Crippen LogP contribution in [-0.4, -0.2) is 49.6 Å².